The zero-order chi connectivity index (χ0) is 14.5. The highest BCUT2D eigenvalue weighted by atomic mass is 15.3. The van der Waals surface area contributed by atoms with E-state index in [2.05, 4.69) is 50.1 Å². The van der Waals surface area contributed by atoms with Crippen LogP contribution in [0.5, 0.6) is 0 Å². The van der Waals surface area contributed by atoms with Crippen LogP contribution in [0.25, 0.3) is 0 Å². The van der Waals surface area contributed by atoms with E-state index in [1.54, 1.807) is 0 Å². The summed E-state index contributed by atoms with van der Waals surface area (Å²) < 4.78 is 2.13. The Kier molecular flexibility index (Phi) is 5.64. The molecule has 1 aliphatic rings. The van der Waals surface area contributed by atoms with Crippen molar-refractivity contribution in [2.24, 2.45) is 17.8 Å². The Hall–Kier alpha value is -0.830. The van der Waals surface area contributed by atoms with Crippen molar-refractivity contribution in [2.75, 3.05) is 13.6 Å². The molecule has 1 aliphatic carbocycles. The summed E-state index contributed by atoms with van der Waals surface area (Å²) in [6.45, 7) is 8.02. The Balaban J connectivity index is 2.00. The molecule has 1 aromatic rings. The molecule has 0 aromatic carbocycles. The van der Waals surface area contributed by atoms with Crippen molar-refractivity contribution in [3.63, 3.8) is 0 Å². The van der Waals surface area contributed by atoms with Gasteiger partial charge in [0.15, 0.2) is 0 Å². The first-order valence-corrected chi connectivity index (χ1v) is 8.32. The number of nitrogens with one attached hydrogen (secondary N) is 1. The van der Waals surface area contributed by atoms with Crippen molar-refractivity contribution in [1.82, 2.24) is 15.1 Å². The van der Waals surface area contributed by atoms with Crippen LogP contribution in [0.3, 0.4) is 0 Å². The lowest BCUT2D eigenvalue weighted by molar-refractivity contribution is 0.184. The van der Waals surface area contributed by atoms with Crippen molar-refractivity contribution in [3.8, 4) is 0 Å². The summed E-state index contributed by atoms with van der Waals surface area (Å²) in [6, 6.07) is 2.74. The molecule has 0 aliphatic heterocycles. The average molecular weight is 277 g/mol. The normalized spacial score (nSPS) is 28.5. The molecule has 0 saturated heterocycles. The minimum absolute atomic E-state index is 0.516. The molecule has 1 aromatic heterocycles. The van der Waals surface area contributed by atoms with Crippen LogP contribution in [0.1, 0.15) is 58.2 Å². The van der Waals surface area contributed by atoms with Gasteiger partial charge in [-0.2, -0.15) is 5.10 Å². The fourth-order valence-corrected chi connectivity index (χ4v) is 3.53. The van der Waals surface area contributed by atoms with Crippen LogP contribution < -0.4 is 5.32 Å². The van der Waals surface area contributed by atoms with Crippen LogP contribution in [0.15, 0.2) is 12.3 Å². The maximum absolute atomic E-state index is 4.79. The van der Waals surface area contributed by atoms with E-state index in [1.807, 2.05) is 0 Å². The number of aromatic nitrogens is 2. The minimum Gasteiger partial charge on any atom is -0.319 e. The molecule has 0 amide bonds. The van der Waals surface area contributed by atoms with Gasteiger partial charge < -0.3 is 5.32 Å². The second-order valence-corrected chi connectivity index (χ2v) is 6.74. The molecule has 1 fully saturated rings. The third-order valence-corrected chi connectivity index (χ3v) is 5.05. The molecule has 1 heterocycles. The summed E-state index contributed by atoms with van der Waals surface area (Å²) in [6.07, 6.45) is 8.58. The largest absolute Gasteiger partial charge is 0.319 e. The van der Waals surface area contributed by atoms with Crippen molar-refractivity contribution < 1.29 is 0 Å². The molecule has 0 spiro atoms. The number of hydrogen-bond acceptors (Lipinski definition) is 2. The van der Waals surface area contributed by atoms with Crippen LogP contribution >= 0.6 is 0 Å². The number of rotatable bonds is 6. The quantitative estimate of drug-likeness (QED) is 0.860. The number of nitrogens with zero attached hydrogens (tertiary/aromatic N) is 2. The van der Waals surface area contributed by atoms with Gasteiger partial charge in [-0.25, -0.2) is 0 Å². The van der Waals surface area contributed by atoms with E-state index in [-0.39, 0.29) is 0 Å². The Morgan fingerprint density at radius 3 is 2.90 bits per heavy atom. The van der Waals surface area contributed by atoms with E-state index in [4.69, 9.17) is 5.10 Å². The molecule has 1 saturated carbocycles. The highest BCUT2D eigenvalue weighted by Gasteiger charge is 2.28. The van der Waals surface area contributed by atoms with Gasteiger partial charge in [0.1, 0.15) is 0 Å². The summed E-state index contributed by atoms with van der Waals surface area (Å²) in [5.74, 6) is 2.50. The smallest absolute Gasteiger partial charge is 0.0627 e. The highest BCUT2D eigenvalue weighted by molar-refractivity contribution is 5.02. The fraction of sp³-hybridized carbons (Fsp3) is 0.824. The van der Waals surface area contributed by atoms with Gasteiger partial charge in [0.2, 0.25) is 0 Å². The molecule has 3 heteroatoms. The van der Waals surface area contributed by atoms with Gasteiger partial charge in [0.25, 0.3) is 0 Å². The summed E-state index contributed by atoms with van der Waals surface area (Å²) in [5.41, 5.74) is 1.28. The monoisotopic (exact) mass is 277 g/mol. The van der Waals surface area contributed by atoms with Gasteiger partial charge in [-0.1, -0.05) is 20.3 Å². The molecular formula is C17H31N3. The van der Waals surface area contributed by atoms with Crippen molar-refractivity contribution in [2.45, 2.75) is 58.9 Å². The summed E-state index contributed by atoms with van der Waals surface area (Å²) >= 11 is 0. The van der Waals surface area contributed by atoms with Crippen LogP contribution in [-0.4, -0.2) is 23.4 Å². The van der Waals surface area contributed by atoms with E-state index >= 15 is 0 Å². The van der Waals surface area contributed by atoms with Crippen LogP contribution in [-0.2, 0) is 6.42 Å². The van der Waals surface area contributed by atoms with E-state index in [0.29, 0.717) is 6.04 Å². The molecule has 4 atom stereocenters. The Labute approximate surface area is 124 Å². The molecule has 2 rings (SSSR count). The zero-order valence-corrected chi connectivity index (χ0v) is 13.6. The van der Waals surface area contributed by atoms with Crippen LogP contribution in [0, 0.1) is 17.8 Å². The summed E-state index contributed by atoms with van der Waals surface area (Å²) in [4.78, 5) is 0. The standard InChI is InChI=1S/C17H31N3/c1-5-14(3)20-9-8-17(19-20)11-16-10-13(2)6-7-15(16)12-18-4/h8-9,13-16,18H,5-7,10-12H2,1-4H3. The lowest BCUT2D eigenvalue weighted by Crippen LogP contribution is -2.32. The molecule has 0 bridgehead atoms. The Morgan fingerprint density at radius 1 is 1.40 bits per heavy atom. The average Bonchev–Trinajstić information content (AvgIpc) is 2.89. The molecule has 1 N–H and O–H groups in total. The minimum atomic E-state index is 0.516. The molecular weight excluding hydrogens is 246 g/mol. The second-order valence-electron chi connectivity index (χ2n) is 6.74. The van der Waals surface area contributed by atoms with E-state index in [9.17, 15) is 0 Å². The predicted octanol–water partition coefficient (Wildman–Crippen LogP) is 3.67. The molecule has 3 nitrogen and oxygen atoms in total. The molecule has 0 radical (unpaired) electrons. The van der Waals surface area contributed by atoms with Gasteiger partial charge in [-0.15, -0.1) is 0 Å². The third kappa shape index (κ3) is 3.85. The fourth-order valence-electron chi connectivity index (χ4n) is 3.53. The maximum atomic E-state index is 4.79. The van der Waals surface area contributed by atoms with E-state index in [0.717, 1.165) is 37.1 Å². The van der Waals surface area contributed by atoms with Gasteiger partial charge in [0, 0.05) is 12.2 Å². The highest BCUT2D eigenvalue weighted by Crippen LogP contribution is 2.35. The Morgan fingerprint density at radius 2 is 2.20 bits per heavy atom. The van der Waals surface area contributed by atoms with Crippen molar-refractivity contribution in [1.29, 1.82) is 0 Å². The van der Waals surface area contributed by atoms with E-state index in [1.165, 1.54) is 25.0 Å². The SMILES string of the molecule is CCC(C)n1ccc(CC2CC(C)CCC2CNC)n1. The third-order valence-electron chi connectivity index (χ3n) is 5.05. The predicted molar refractivity (Wildman–Crippen MR) is 84.9 cm³/mol. The van der Waals surface area contributed by atoms with Gasteiger partial charge in [-0.05, 0) is 70.0 Å². The Bertz CT molecular complexity index is 399. The van der Waals surface area contributed by atoms with Gasteiger partial charge >= 0.3 is 0 Å². The molecule has 4 unspecified atom stereocenters. The topological polar surface area (TPSA) is 29.9 Å². The van der Waals surface area contributed by atoms with Crippen molar-refractivity contribution in [3.05, 3.63) is 18.0 Å². The second kappa shape index (κ2) is 7.26. The lowest BCUT2D eigenvalue weighted by Gasteiger charge is -2.34. The van der Waals surface area contributed by atoms with Crippen molar-refractivity contribution >= 4 is 0 Å². The van der Waals surface area contributed by atoms with Crippen LogP contribution in [0.2, 0.25) is 0 Å². The van der Waals surface area contributed by atoms with E-state index < -0.39 is 0 Å². The van der Waals surface area contributed by atoms with Crippen LogP contribution in [0.4, 0.5) is 0 Å². The zero-order valence-electron chi connectivity index (χ0n) is 13.6. The first kappa shape index (κ1) is 15.6. The lowest BCUT2D eigenvalue weighted by atomic mass is 9.73. The first-order valence-electron chi connectivity index (χ1n) is 8.32. The maximum Gasteiger partial charge on any atom is 0.0627 e. The number of hydrogen-bond donors (Lipinski definition) is 1. The van der Waals surface area contributed by atoms with Gasteiger partial charge in [0.05, 0.1) is 5.69 Å². The first-order chi connectivity index (χ1) is 9.63. The summed E-state index contributed by atoms with van der Waals surface area (Å²) in [7, 11) is 2.08. The molecule has 20 heavy (non-hydrogen) atoms. The van der Waals surface area contributed by atoms with Gasteiger partial charge in [-0.3, -0.25) is 4.68 Å². The summed E-state index contributed by atoms with van der Waals surface area (Å²) in [5, 5.41) is 8.17. The molecule has 114 valence electrons.